The lowest BCUT2D eigenvalue weighted by atomic mass is 10.1. The zero-order valence-corrected chi connectivity index (χ0v) is 6.89. The van der Waals surface area contributed by atoms with Crippen molar-refractivity contribution in [3.05, 3.63) is 29.3 Å². The molecule has 0 unspecified atom stereocenters. The molecule has 0 atom stereocenters. The van der Waals surface area contributed by atoms with Crippen LogP contribution in [-0.4, -0.2) is 5.71 Å². The summed E-state index contributed by atoms with van der Waals surface area (Å²) in [4.78, 5) is 4.47. The van der Waals surface area contributed by atoms with Crippen LogP contribution in [0.5, 0.6) is 0 Å². The van der Waals surface area contributed by atoms with Crippen molar-refractivity contribution in [2.45, 2.75) is 20.3 Å². The Bertz CT molecular complexity index is 324. The molecule has 0 spiro atoms. The van der Waals surface area contributed by atoms with Gasteiger partial charge in [-0.25, -0.2) is 0 Å². The summed E-state index contributed by atoms with van der Waals surface area (Å²) in [5.41, 5.74) is 5.10. The second-order valence-electron chi connectivity index (χ2n) is 3.11. The summed E-state index contributed by atoms with van der Waals surface area (Å²) < 4.78 is 0. The van der Waals surface area contributed by atoms with Gasteiger partial charge >= 0.3 is 0 Å². The Morgan fingerprint density at radius 1 is 1.27 bits per heavy atom. The number of nitrogens with zero attached hydrogens (tertiary/aromatic N) is 1. The van der Waals surface area contributed by atoms with E-state index in [-0.39, 0.29) is 0 Å². The molecule has 0 saturated carbocycles. The van der Waals surface area contributed by atoms with Crippen LogP contribution in [0.25, 0.3) is 0 Å². The lowest BCUT2D eigenvalue weighted by molar-refractivity contribution is 1.34. The molecular formula is C10H11N. The average Bonchev–Trinajstić information content (AvgIpc) is 2.31. The van der Waals surface area contributed by atoms with Crippen molar-refractivity contribution in [3.8, 4) is 0 Å². The van der Waals surface area contributed by atoms with E-state index in [9.17, 15) is 0 Å². The third kappa shape index (κ3) is 0.967. The van der Waals surface area contributed by atoms with Crippen molar-refractivity contribution in [2.75, 3.05) is 0 Å². The van der Waals surface area contributed by atoms with Crippen LogP contribution < -0.4 is 0 Å². The average molecular weight is 145 g/mol. The zero-order valence-electron chi connectivity index (χ0n) is 6.89. The lowest BCUT2D eigenvalue weighted by Crippen LogP contribution is -1.87. The number of para-hydroxylation sites is 1. The Kier molecular flexibility index (Phi) is 1.31. The molecule has 2 rings (SSSR count). The van der Waals surface area contributed by atoms with Crippen molar-refractivity contribution >= 4 is 11.4 Å². The standard InChI is InChI=1S/C10H11N/c1-7-4-3-5-9-6-8(2)11-10(7)9/h3-5H,6H2,1-2H3. The molecule has 0 saturated heterocycles. The van der Waals surface area contributed by atoms with Gasteiger partial charge in [0, 0.05) is 12.1 Å². The van der Waals surface area contributed by atoms with Gasteiger partial charge in [0.2, 0.25) is 0 Å². The predicted octanol–water partition coefficient (Wildman–Crippen LogP) is 2.64. The molecule has 0 N–H and O–H groups in total. The maximum Gasteiger partial charge on any atom is 0.0693 e. The number of aryl methyl sites for hydroxylation is 1. The van der Waals surface area contributed by atoms with Gasteiger partial charge in [-0.15, -0.1) is 0 Å². The summed E-state index contributed by atoms with van der Waals surface area (Å²) in [6.07, 6.45) is 1.04. The van der Waals surface area contributed by atoms with E-state index in [1.54, 1.807) is 0 Å². The molecule has 1 aromatic rings. The molecule has 1 aliphatic rings. The number of aliphatic imine (C=N–C) groups is 1. The minimum absolute atomic E-state index is 1.04. The Hall–Kier alpha value is -1.11. The molecule has 56 valence electrons. The van der Waals surface area contributed by atoms with Crippen molar-refractivity contribution in [3.63, 3.8) is 0 Å². The van der Waals surface area contributed by atoms with E-state index in [0.29, 0.717) is 0 Å². The second-order valence-corrected chi connectivity index (χ2v) is 3.11. The number of hydrogen-bond acceptors (Lipinski definition) is 1. The van der Waals surface area contributed by atoms with Crippen LogP contribution in [-0.2, 0) is 6.42 Å². The topological polar surface area (TPSA) is 12.4 Å². The van der Waals surface area contributed by atoms with Gasteiger partial charge in [0.15, 0.2) is 0 Å². The molecule has 1 aliphatic heterocycles. The van der Waals surface area contributed by atoms with Crippen molar-refractivity contribution < 1.29 is 0 Å². The van der Waals surface area contributed by atoms with E-state index in [0.717, 1.165) is 6.42 Å². The highest BCUT2D eigenvalue weighted by molar-refractivity contribution is 5.92. The summed E-state index contributed by atoms with van der Waals surface area (Å²) in [7, 11) is 0. The molecule has 0 bridgehead atoms. The highest BCUT2D eigenvalue weighted by atomic mass is 14.8. The van der Waals surface area contributed by atoms with Crippen LogP contribution in [0.4, 0.5) is 5.69 Å². The monoisotopic (exact) mass is 145 g/mol. The van der Waals surface area contributed by atoms with Gasteiger partial charge in [-0.05, 0) is 25.0 Å². The van der Waals surface area contributed by atoms with Gasteiger partial charge in [0.1, 0.15) is 0 Å². The van der Waals surface area contributed by atoms with Crippen molar-refractivity contribution in [2.24, 2.45) is 4.99 Å². The summed E-state index contributed by atoms with van der Waals surface area (Å²) in [5, 5.41) is 0. The number of hydrogen-bond donors (Lipinski definition) is 0. The summed E-state index contributed by atoms with van der Waals surface area (Å²) >= 11 is 0. The number of fused-ring (bicyclic) bond motifs is 1. The smallest absolute Gasteiger partial charge is 0.0693 e. The minimum Gasteiger partial charge on any atom is -0.257 e. The molecule has 1 aromatic carbocycles. The Morgan fingerprint density at radius 2 is 2.09 bits per heavy atom. The molecule has 11 heavy (non-hydrogen) atoms. The van der Waals surface area contributed by atoms with E-state index >= 15 is 0 Å². The molecule has 0 fully saturated rings. The molecular weight excluding hydrogens is 134 g/mol. The molecule has 1 heteroatoms. The minimum atomic E-state index is 1.04. The predicted molar refractivity (Wildman–Crippen MR) is 47.7 cm³/mol. The third-order valence-electron chi connectivity index (χ3n) is 2.07. The van der Waals surface area contributed by atoms with Crippen LogP contribution in [0, 0.1) is 6.92 Å². The maximum absolute atomic E-state index is 4.47. The molecule has 0 aromatic heterocycles. The summed E-state index contributed by atoms with van der Waals surface area (Å²) in [5.74, 6) is 0. The maximum atomic E-state index is 4.47. The molecule has 0 radical (unpaired) electrons. The SMILES string of the molecule is CC1=Nc2c(C)cccc2C1. The van der Waals surface area contributed by atoms with Gasteiger partial charge in [-0.2, -0.15) is 0 Å². The van der Waals surface area contributed by atoms with Gasteiger partial charge in [0.05, 0.1) is 5.69 Å². The van der Waals surface area contributed by atoms with E-state index in [4.69, 9.17) is 0 Å². The summed E-state index contributed by atoms with van der Waals surface area (Å²) in [6.45, 7) is 4.19. The van der Waals surface area contributed by atoms with Crippen LogP contribution in [0.2, 0.25) is 0 Å². The van der Waals surface area contributed by atoms with E-state index in [2.05, 4.69) is 37.0 Å². The first kappa shape index (κ1) is 6.59. The van der Waals surface area contributed by atoms with E-state index in [1.165, 1.54) is 22.5 Å². The number of rotatable bonds is 0. The Morgan fingerprint density at radius 3 is 2.82 bits per heavy atom. The van der Waals surface area contributed by atoms with Crippen molar-refractivity contribution in [1.29, 1.82) is 0 Å². The first-order valence-corrected chi connectivity index (χ1v) is 3.90. The first-order valence-electron chi connectivity index (χ1n) is 3.90. The van der Waals surface area contributed by atoms with Crippen LogP contribution >= 0.6 is 0 Å². The largest absolute Gasteiger partial charge is 0.257 e. The Balaban J connectivity index is 2.61. The zero-order chi connectivity index (χ0) is 7.84. The molecule has 1 nitrogen and oxygen atoms in total. The van der Waals surface area contributed by atoms with E-state index in [1.807, 2.05) is 0 Å². The fourth-order valence-electron chi connectivity index (χ4n) is 1.53. The lowest BCUT2D eigenvalue weighted by Gasteiger charge is -1.98. The van der Waals surface area contributed by atoms with Gasteiger partial charge in [0.25, 0.3) is 0 Å². The highest BCUT2D eigenvalue weighted by Gasteiger charge is 2.11. The Labute approximate surface area is 66.8 Å². The quantitative estimate of drug-likeness (QED) is 0.532. The third-order valence-corrected chi connectivity index (χ3v) is 2.07. The fraction of sp³-hybridized carbons (Fsp3) is 0.300. The van der Waals surface area contributed by atoms with Gasteiger partial charge in [-0.1, -0.05) is 18.2 Å². The van der Waals surface area contributed by atoms with Gasteiger partial charge in [-0.3, -0.25) is 4.99 Å². The first-order chi connectivity index (χ1) is 5.27. The van der Waals surface area contributed by atoms with Crippen LogP contribution in [0.15, 0.2) is 23.2 Å². The normalized spacial score (nSPS) is 14.5. The second kappa shape index (κ2) is 2.19. The molecule has 0 aliphatic carbocycles. The van der Waals surface area contributed by atoms with Crippen LogP contribution in [0.1, 0.15) is 18.1 Å². The van der Waals surface area contributed by atoms with E-state index < -0.39 is 0 Å². The number of benzene rings is 1. The van der Waals surface area contributed by atoms with Gasteiger partial charge < -0.3 is 0 Å². The molecule has 0 amide bonds. The highest BCUT2D eigenvalue weighted by Crippen LogP contribution is 2.29. The molecule has 1 heterocycles. The van der Waals surface area contributed by atoms with Crippen molar-refractivity contribution in [1.82, 2.24) is 0 Å². The van der Waals surface area contributed by atoms with Crippen LogP contribution in [0.3, 0.4) is 0 Å². The summed E-state index contributed by atoms with van der Waals surface area (Å²) in [6, 6.07) is 6.37. The fourth-order valence-corrected chi connectivity index (χ4v) is 1.53.